The number of hydrogen-bond donors (Lipinski definition) is 1. The van der Waals surface area contributed by atoms with Crippen LogP contribution in [0.4, 0.5) is 4.79 Å². The van der Waals surface area contributed by atoms with Crippen LogP contribution in [0.1, 0.15) is 37.6 Å². The Morgan fingerprint density at radius 3 is 2.57 bits per heavy atom. The Labute approximate surface area is 169 Å². The zero-order valence-corrected chi connectivity index (χ0v) is 17.2. The minimum Gasteiger partial charge on any atom is -0.493 e. The summed E-state index contributed by atoms with van der Waals surface area (Å²) < 4.78 is 16.2. The third-order valence-electron chi connectivity index (χ3n) is 4.16. The smallest absolute Gasteiger partial charge is 0.339 e. The Morgan fingerprint density at radius 2 is 2.00 bits per heavy atom. The van der Waals surface area contributed by atoms with Gasteiger partial charge < -0.3 is 19.5 Å². The van der Waals surface area contributed by atoms with Crippen LogP contribution in [-0.2, 0) is 9.53 Å². The first kappa shape index (κ1) is 21.8. The number of hydrogen-bond acceptors (Lipinski definition) is 6. The number of carbonyl (C=O) groups is 3. The lowest BCUT2D eigenvalue weighted by Gasteiger charge is -2.19. The van der Waals surface area contributed by atoms with Crippen LogP contribution < -0.4 is 14.8 Å². The number of benzene rings is 1. The van der Waals surface area contributed by atoms with Crippen molar-refractivity contribution in [3.63, 3.8) is 0 Å². The molecule has 1 aromatic rings. The maximum atomic E-state index is 12.4. The van der Waals surface area contributed by atoms with Crippen LogP contribution in [0.15, 0.2) is 12.1 Å². The second-order valence-corrected chi connectivity index (χ2v) is 7.20. The summed E-state index contributed by atoms with van der Waals surface area (Å²) in [7, 11) is 1.44. The van der Waals surface area contributed by atoms with Gasteiger partial charge in [0.25, 0.3) is 5.91 Å². The molecule has 8 nitrogen and oxygen atoms in total. The van der Waals surface area contributed by atoms with Crippen molar-refractivity contribution in [2.45, 2.75) is 33.3 Å². The molecule has 0 saturated carbocycles. The van der Waals surface area contributed by atoms with Gasteiger partial charge >= 0.3 is 12.0 Å². The first-order chi connectivity index (χ1) is 13.2. The number of nitrogens with zero attached hydrogens (tertiary/aromatic N) is 1. The molecule has 1 saturated heterocycles. The SMILES string of the molecule is COc1cc(C(=O)O[C@@H](C)C(=O)N2CCNC2=O)cc(Cl)c1OCCC(C)C. The van der Waals surface area contributed by atoms with Crippen molar-refractivity contribution in [3.8, 4) is 11.5 Å². The fourth-order valence-electron chi connectivity index (χ4n) is 2.55. The van der Waals surface area contributed by atoms with Crippen molar-refractivity contribution in [1.82, 2.24) is 10.2 Å². The first-order valence-corrected chi connectivity index (χ1v) is 9.42. The van der Waals surface area contributed by atoms with Crippen LogP contribution in [0.5, 0.6) is 11.5 Å². The van der Waals surface area contributed by atoms with Gasteiger partial charge in [0.15, 0.2) is 17.6 Å². The monoisotopic (exact) mass is 412 g/mol. The van der Waals surface area contributed by atoms with Gasteiger partial charge in [0.1, 0.15) is 0 Å². The van der Waals surface area contributed by atoms with Gasteiger partial charge in [-0.2, -0.15) is 0 Å². The summed E-state index contributed by atoms with van der Waals surface area (Å²) in [6.45, 7) is 6.64. The highest BCUT2D eigenvalue weighted by atomic mass is 35.5. The predicted molar refractivity (Wildman–Crippen MR) is 103 cm³/mol. The number of carbonyl (C=O) groups excluding carboxylic acids is 3. The molecular weight excluding hydrogens is 388 g/mol. The van der Waals surface area contributed by atoms with E-state index in [0.717, 1.165) is 11.3 Å². The molecule has 28 heavy (non-hydrogen) atoms. The van der Waals surface area contributed by atoms with Crippen molar-refractivity contribution in [1.29, 1.82) is 0 Å². The summed E-state index contributed by atoms with van der Waals surface area (Å²) >= 11 is 6.25. The molecule has 1 aliphatic rings. The van der Waals surface area contributed by atoms with Gasteiger partial charge in [-0.25, -0.2) is 9.59 Å². The molecule has 0 spiro atoms. The number of esters is 1. The minimum atomic E-state index is -1.12. The van der Waals surface area contributed by atoms with Gasteiger partial charge in [-0.1, -0.05) is 25.4 Å². The van der Waals surface area contributed by atoms with Gasteiger partial charge in [-0.3, -0.25) is 9.69 Å². The quantitative estimate of drug-likeness (QED) is 0.660. The van der Waals surface area contributed by atoms with Crippen molar-refractivity contribution in [2.24, 2.45) is 5.92 Å². The van der Waals surface area contributed by atoms with E-state index in [1.165, 1.54) is 26.2 Å². The molecule has 1 heterocycles. The average molecular weight is 413 g/mol. The fraction of sp³-hybridized carbons (Fsp3) is 0.526. The molecule has 3 amide bonds. The topological polar surface area (TPSA) is 94.2 Å². The third-order valence-corrected chi connectivity index (χ3v) is 4.44. The fourth-order valence-corrected chi connectivity index (χ4v) is 2.82. The van der Waals surface area contributed by atoms with Crippen LogP contribution in [-0.4, -0.2) is 55.7 Å². The van der Waals surface area contributed by atoms with Crippen LogP contribution in [0.2, 0.25) is 5.02 Å². The van der Waals surface area contributed by atoms with E-state index in [1.54, 1.807) is 0 Å². The molecule has 1 N–H and O–H groups in total. The Morgan fingerprint density at radius 1 is 1.29 bits per heavy atom. The highest BCUT2D eigenvalue weighted by Gasteiger charge is 2.32. The molecule has 0 aliphatic carbocycles. The van der Waals surface area contributed by atoms with Gasteiger partial charge in [-0.15, -0.1) is 0 Å². The number of imide groups is 1. The van der Waals surface area contributed by atoms with E-state index in [0.29, 0.717) is 30.6 Å². The second-order valence-electron chi connectivity index (χ2n) is 6.79. The number of urea groups is 1. The van der Waals surface area contributed by atoms with E-state index >= 15 is 0 Å². The summed E-state index contributed by atoms with van der Waals surface area (Å²) in [4.78, 5) is 37.3. The normalized spacial score (nSPS) is 14.6. The maximum absolute atomic E-state index is 12.4. The molecule has 0 radical (unpaired) electrons. The number of rotatable bonds is 8. The Bertz CT molecular complexity index is 752. The van der Waals surface area contributed by atoms with Gasteiger partial charge in [0.05, 0.1) is 24.3 Å². The number of ether oxygens (including phenoxy) is 3. The Kier molecular flexibility index (Phi) is 7.51. The summed E-state index contributed by atoms with van der Waals surface area (Å²) in [5, 5.41) is 2.72. The van der Waals surface area contributed by atoms with Crippen molar-refractivity contribution in [2.75, 3.05) is 26.8 Å². The maximum Gasteiger partial charge on any atom is 0.339 e. The van der Waals surface area contributed by atoms with E-state index in [1.807, 2.05) is 0 Å². The minimum absolute atomic E-state index is 0.114. The second kappa shape index (κ2) is 9.64. The summed E-state index contributed by atoms with van der Waals surface area (Å²) in [6.07, 6.45) is -0.282. The van der Waals surface area contributed by atoms with Crippen LogP contribution in [0.3, 0.4) is 0 Å². The zero-order chi connectivity index (χ0) is 20.8. The number of methoxy groups -OCH3 is 1. The van der Waals surface area contributed by atoms with E-state index < -0.39 is 24.0 Å². The van der Waals surface area contributed by atoms with Crippen LogP contribution in [0.25, 0.3) is 0 Å². The summed E-state index contributed by atoms with van der Waals surface area (Å²) in [5.41, 5.74) is 0.114. The van der Waals surface area contributed by atoms with Crippen molar-refractivity contribution < 1.29 is 28.6 Å². The molecule has 154 valence electrons. The molecule has 1 aromatic carbocycles. The lowest BCUT2D eigenvalue weighted by molar-refractivity contribution is -0.136. The van der Waals surface area contributed by atoms with Crippen molar-refractivity contribution >= 4 is 29.5 Å². The first-order valence-electron chi connectivity index (χ1n) is 9.05. The Balaban J connectivity index is 2.09. The molecule has 0 aromatic heterocycles. The average Bonchev–Trinajstić information content (AvgIpc) is 3.07. The van der Waals surface area contributed by atoms with Crippen molar-refractivity contribution in [3.05, 3.63) is 22.7 Å². The summed E-state index contributed by atoms with van der Waals surface area (Å²) in [5.74, 6) is -0.236. The molecule has 1 atom stereocenters. The van der Waals surface area contributed by atoms with E-state index in [9.17, 15) is 14.4 Å². The van der Waals surface area contributed by atoms with Crippen LogP contribution >= 0.6 is 11.6 Å². The van der Waals surface area contributed by atoms with E-state index in [-0.39, 0.29) is 17.1 Å². The van der Waals surface area contributed by atoms with E-state index in [2.05, 4.69) is 19.2 Å². The number of nitrogens with one attached hydrogen (secondary N) is 1. The lowest BCUT2D eigenvalue weighted by atomic mass is 10.1. The highest BCUT2D eigenvalue weighted by Crippen LogP contribution is 2.37. The molecule has 0 unspecified atom stereocenters. The number of halogens is 1. The molecule has 1 aliphatic heterocycles. The summed E-state index contributed by atoms with van der Waals surface area (Å²) in [6, 6.07) is 2.34. The van der Waals surface area contributed by atoms with Gasteiger partial charge in [-0.05, 0) is 31.4 Å². The van der Waals surface area contributed by atoms with Gasteiger partial charge in [0.2, 0.25) is 0 Å². The largest absolute Gasteiger partial charge is 0.493 e. The van der Waals surface area contributed by atoms with Crippen LogP contribution in [0, 0.1) is 5.92 Å². The Hall–Kier alpha value is -2.48. The number of amides is 3. The molecule has 2 rings (SSSR count). The third kappa shape index (κ3) is 5.28. The van der Waals surface area contributed by atoms with Gasteiger partial charge in [0, 0.05) is 13.1 Å². The molecule has 0 bridgehead atoms. The zero-order valence-electron chi connectivity index (χ0n) is 16.4. The lowest BCUT2D eigenvalue weighted by Crippen LogP contribution is -2.41. The van der Waals surface area contributed by atoms with E-state index in [4.69, 9.17) is 25.8 Å². The molecular formula is C19H25ClN2O6. The standard InChI is InChI=1S/C19H25ClN2O6/c1-11(2)5-8-27-16-14(20)9-13(10-15(16)26-4)18(24)28-12(3)17(23)22-7-6-21-19(22)25/h9-12H,5-8H2,1-4H3,(H,21,25)/t12-/m0/s1. The molecule has 1 fully saturated rings. The predicted octanol–water partition coefficient (Wildman–Crippen LogP) is 2.87. The molecule has 9 heteroatoms. The highest BCUT2D eigenvalue weighted by molar-refractivity contribution is 6.32.